The monoisotopic (exact) mass is 293 g/mol. The molecule has 0 unspecified atom stereocenters. The predicted molar refractivity (Wildman–Crippen MR) is 72.4 cm³/mol. The average molecular weight is 293 g/mol. The molecule has 0 aliphatic heterocycles. The van der Waals surface area contributed by atoms with Crippen LogP contribution in [0.4, 0.5) is 13.2 Å². The van der Waals surface area contributed by atoms with Crippen molar-refractivity contribution in [3.63, 3.8) is 0 Å². The van der Waals surface area contributed by atoms with Crippen molar-refractivity contribution in [3.8, 4) is 0 Å². The van der Waals surface area contributed by atoms with Crippen LogP contribution in [-0.2, 0) is 0 Å². The molecule has 2 aliphatic rings. The second kappa shape index (κ2) is 6.22. The maximum Gasteiger partial charge on any atom is 0.391 e. The summed E-state index contributed by atoms with van der Waals surface area (Å²) in [5.41, 5.74) is -0.645. The minimum atomic E-state index is -4.04. The van der Waals surface area contributed by atoms with Gasteiger partial charge in [-0.15, -0.1) is 0 Å². The summed E-state index contributed by atoms with van der Waals surface area (Å²) >= 11 is 0. The van der Waals surface area contributed by atoms with E-state index in [0.717, 1.165) is 25.7 Å². The van der Waals surface area contributed by atoms with E-state index in [1.165, 1.54) is 0 Å². The van der Waals surface area contributed by atoms with Crippen LogP contribution < -0.4 is 5.32 Å². The molecule has 2 fully saturated rings. The van der Waals surface area contributed by atoms with Crippen LogP contribution in [-0.4, -0.2) is 29.5 Å². The van der Waals surface area contributed by atoms with Crippen LogP contribution in [0.2, 0.25) is 0 Å². The van der Waals surface area contributed by atoms with E-state index < -0.39 is 17.7 Å². The maximum atomic E-state index is 12.6. The predicted octanol–water partition coefficient (Wildman–Crippen LogP) is 3.64. The molecular formula is C15H26F3NO. The number of halogens is 3. The molecular weight excluding hydrogens is 267 g/mol. The lowest BCUT2D eigenvalue weighted by Crippen LogP contribution is -2.47. The number of aliphatic hydroxyl groups is 1. The smallest absolute Gasteiger partial charge is 0.389 e. The lowest BCUT2D eigenvalue weighted by molar-refractivity contribution is -0.182. The van der Waals surface area contributed by atoms with Crippen molar-refractivity contribution in [2.45, 2.75) is 76.1 Å². The summed E-state index contributed by atoms with van der Waals surface area (Å²) < 4.78 is 37.7. The van der Waals surface area contributed by atoms with E-state index in [9.17, 15) is 18.3 Å². The first-order valence-corrected chi connectivity index (χ1v) is 7.81. The largest absolute Gasteiger partial charge is 0.391 e. The molecule has 0 radical (unpaired) electrons. The summed E-state index contributed by atoms with van der Waals surface area (Å²) in [5, 5.41) is 13.8. The van der Waals surface area contributed by atoms with Gasteiger partial charge in [0.25, 0.3) is 0 Å². The molecule has 0 aromatic carbocycles. The molecule has 0 saturated heterocycles. The van der Waals surface area contributed by atoms with Gasteiger partial charge in [-0.25, -0.2) is 0 Å². The zero-order valence-electron chi connectivity index (χ0n) is 12.2. The van der Waals surface area contributed by atoms with Crippen LogP contribution in [0.3, 0.4) is 0 Å². The summed E-state index contributed by atoms with van der Waals surface area (Å²) in [6, 6.07) is 0.136. The van der Waals surface area contributed by atoms with E-state index in [2.05, 4.69) is 12.2 Å². The Morgan fingerprint density at radius 1 is 1.05 bits per heavy atom. The molecule has 20 heavy (non-hydrogen) atoms. The second-order valence-corrected chi connectivity index (χ2v) is 6.88. The van der Waals surface area contributed by atoms with Crippen LogP contribution in [0.5, 0.6) is 0 Å². The van der Waals surface area contributed by atoms with E-state index in [4.69, 9.17) is 0 Å². The molecule has 2 N–H and O–H groups in total. The third kappa shape index (κ3) is 4.35. The van der Waals surface area contributed by atoms with Crippen molar-refractivity contribution in [2.24, 2.45) is 11.8 Å². The number of nitrogens with one attached hydrogen (secondary N) is 1. The maximum absolute atomic E-state index is 12.6. The average Bonchev–Trinajstić information content (AvgIpc) is 2.40. The molecule has 5 heteroatoms. The molecule has 0 heterocycles. The van der Waals surface area contributed by atoms with E-state index in [-0.39, 0.29) is 18.9 Å². The van der Waals surface area contributed by atoms with Gasteiger partial charge in [0, 0.05) is 12.6 Å². The highest BCUT2D eigenvalue weighted by molar-refractivity contribution is 4.89. The Hall–Kier alpha value is -0.290. The highest BCUT2D eigenvalue weighted by atomic mass is 19.4. The molecule has 0 amide bonds. The Morgan fingerprint density at radius 3 is 2.10 bits per heavy atom. The first-order valence-electron chi connectivity index (χ1n) is 7.81. The Bertz CT molecular complexity index is 303. The van der Waals surface area contributed by atoms with Gasteiger partial charge in [-0.2, -0.15) is 13.2 Å². The van der Waals surface area contributed by atoms with Crippen LogP contribution >= 0.6 is 0 Å². The molecule has 0 aromatic heterocycles. The number of rotatable bonds is 3. The fraction of sp³-hybridized carbons (Fsp3) is 1.00. The summed E-state index contributed by atoms with van der Waals surface area (Å²) in [6.45, 7) is 2.73. The topological polar surface area (TPSA) is 32.3 Å². The van der Waals surface area contributed by atoms with Crippen LogP contribution in [0.15, 0.2) is 0 Å². The second-order valence-electron chi connectivity index (χ2n) is 6.88. The van der Waals surface area contributed by atoms with E-state index in [0.29, 0.717) is 25.3 Å². The van der Waals surface area contributed by atoms with E-state index in [1.54, 1.807) is 0 Å². The summed E-state index contributed by atoms with van der Waals surface area (Å²) in [6.07, 6.45) is 1.22. The van der Waals surface area contributed by atoms with Crippen molar-refractivity contribution in [3.05, 3.63) is 0 Å². The third-order valence-electron chi connectivity index (χ3n) is 5.11. The quantitative estimate of drug-likeness (QED) is 0.832. The minimum absolute atomic E-state index is 0.136. The molecule has 0 aromatic rings. The van der Waals surface area contributed by atoms with E-state index >= 15 is 0 Å². The number of alkyl halides is 3. The summed E-state index contributed by atoms with van der Waals surface area (Å²) in [5.74, 6) is -0.448. The van der Waals surface area contributed by atoms with Gasteiger partial charge in [-0.3, -0.25) is 0 Å². The Morgan fingerprint density at radius 2 is 1.60 bits per heavy atom. The van der Waals surface area contributed by atoms with Crippen molar-refractivity contribution in [2.75, 3.05) is 6.54 Å². The Balaban J connectivity index is 1.71. The van der Waals surface area contributed by atoms with E-state index in [1.807, 2.05) is 0 Å². The van der Waals surface area contributed by atoms with Crippen LogP contribution in [0.25, 0.3) is 0 Å². The van der Waals surface area contributed by atoms with Crippen molar-refractivity contribution < 1.29 is 18.3 Å². The molecule has 2 rings (SSSR count). The lowest BCUT2D eigenvalue weighted by Gasteiger charge is -2.37. The normalized spacial score (nSPS) is 39.8. The van der Waals surface area contributed by atoms with Gasteiger partial charge in [0.15, 0.2) is 0 Å². The SMILES string of the molecule is CC1CCC(O)(CNC2CCC(C(F)(F)F)CC2)CC1. The molecule has 0 spiro atoms. The van der Waals surface area contributed by atoms with Crippen LogP contribution in [0.1, 0.15) is 58.3 Å². The van der Waals surface area contributed by atoms with Crippen molar-refractivity contribution in [1.82, 2.24) is 5.32 Å². The third-order valence-corrected chi connectivity index (χ3v) is 5.11. The molecule has 0 atom stereocenters. The standard InChI is InChI=1S/C15H26F3NO/c1-11-6-8-14(20,9-7-11)10-19-13-4-2-12(3-5-13)15(16,17)18/h11-13,19-20H,2-10H2,1H3. The number of hydrogen-bond donors (Lipinski definition) is 2. The zero-order chi connectivity index (χ0) is 14.8. The Kier molecular flexibility index (Phi) is 5.00. The van der Waals surface area contributed by atoms with Crippen molar-refractivity contribution >= 4 is 0 Å². The first kappa shape index (κ1) is 16.1. The molecule has 118 valence electrons. The minimum Gasteiger partial charge on any atom is -0.389 e. The zero-order valence-corrected chi connectivity index (χ0v) is 12.2. The fourth-order valence-electron chi connectivity index (χ4n) is 3.44. The van der Waals surface area contributed by atoms with Crippen LogP contribution in [0, 0.1) is 11.8 Å². The molecule has 2 saturated carbocycles. The Labute approximate surface area is 119 Å². The van der Waals surface area contributed by atoms with Gasteiger partial charge in [-0.1, -0.05) is 6.92 Å². The summed E-state index contributed by atoms with van der Waals surface area (Å²) in [7, 11) is 0. The van der Waals surface area contributed by atoms with Crippen molar-refractivity contribution in [1.29, 1.82) is 0 Å². The number of hydrogen-bond acceptors (Lipinski definition) is 2. The fourth-order valence-corrected chi connectivity index (χ4v) is 3.44. The van der Waals surface area contributed by atoms with Gasteiger partial charge < -0.3 is 10.4 Å². The molecule has 0 bridgehead atoms. The summed E-state index contributed by atoms with van der Waals surface area (Å²) in [4.78, 5) is 0. The highest BCUT2D eigenvalue weighted by Crippen LogP contribution is 2.38. The van der Waals surface area contributed by atoms with Gasteiger partial charge in [0.05, 0.1) is 11.5 Å². The highest BCUT2D eigenvalue weighted by Gasteiger charge is 2.41. The van der Waals surface area contributed by atoms with Gasteiger partial charge in [-0.05, 0) is 57.3 Å². The van der Waals surface area contributed by atoms with Gasteiger partial charge >= 0.3 is 6.18 Å². The molecule has 2 aliphatic carbocycles. The lowest BCUT2D eigenvalue weighted by atomic mass is 9.79. The van der Waals surface area contributed by atoms with Gasteiger partial charge in [0.1, 0.15) is 0 Å². The molecule has 2 nitrogen and oxygen atoms in total. The van der Waals surface area contributed by atoms with Gasteiger partial charge in [0.2, 0.25) is 0 Å². The first-order chi connectivity index (χ1) is 9.28.